The van der Waals surface area contributed by atoms with Crippen LogP contribution in [0.1, 0.15) is 11.1 Å². The number of aromatic nitrogens is 1. The van der Waals surface area contributed by atoms with Gasteiger partial charge in [-0.05, 0) is 56.8 Å². The van der Waals surface area contributed by atoms with Crippen LogP contribution in [0, 0.1) is 0 Å². The Morgan fingerprint density at radius 3 is 2.86 bits per heavy atom. The number of likely N-dealkylation sites (N-methyl/N-ethyl adjacent to an activating group) is 1. The largest absolute Gasteiger partial charge is 0.477 e. The number of benzene rings is 1. The highest BCUT2D eigenvalue weighted by Crippen LogP contribution is 2.22. The Morgan fingerprint density at radius 2 is 2.18 bits per heavy atom. The molecular weight excluding hydrogens is 278 g/mol. The Hall–Kier alpha value is -1.98. The van der Waals surface area contributed by atoms with Gasteiger partial charge in [-0.3, -0.25) is 0 Å². The summed E-state index contributed by atoms with van der Waals surface area (Å²) < 4.78 is 5.38. The van der Waals surface area contributed by atoms with Crippen molar-refractivity contribution >= 4 is 10.9 Å². The van der Waals surface area contributed by atoms with E-state index >= 15 is 0 Å². The summed E-state index contributed by atoms with van der Waals surface area (Å²) in [4.78, 5) is 5.58. The molecule has 22 heavy (non-hydrogen) atoms. The maximum Gasteiger partial charge on any atom is 0.179 e. The Kier molecular flexibility index (Phi) is 5.11. The zero-order chi connectivity index (χ0) is 14.8. The highest BCUT2D eigenvalue weighted by Gasteiger charge is 2.18. The van der Waals surface area contributed by atoms with Crippen LogP contribution in [0.3, 0.4) is 0 Å². The summed E-state index contributed by atoms with van der Waals surface area (Å²) in [5.74, 6) is 0.689. The smallest absolute Gasteiger partial charge is 0.179 e. The Morgan fingerprint density at radius 1 is 1.36 bits per heavy atom. The van der Waals surface area contributed by atoms with Gasteiger partial charge < -0.3 is 25.4 Å². The van der Waals surface area contributed by atoms with Crippen LogP contribution in [-0.4, -0.2) is 48.6 Å². The molecule has 120 valence electrons. The number of nitrogens with one attached hydrogen (secondary N) is 2. The summed E-state index contributed by atoms with van der Waals surface area (Å²) >= 11 is 0. The summed E-state index contributed by atoms with van der Waals surface area (Å²) in [7, 11) is 4.22. The van der Waals surface area contributed by atoms with Gasteiger partial charge in [0.15, 0.2) is 5.88 Å². The van der Waals surface area contributed by atoms with Gasteiger partial charge in [-0.2, -0.15) is 0 Å². The van der Waals surface area contributed by atoms with Crippen LogP contribution in [0.5, 0.6) is 0 Å². The first-order valence-corrected chi connectivity index (χ1v) is 7.43. The molecule has 5 nitrogen and oxygen atoms in total. The number of fused-ring (bicyclic) bond motifs is 1. The number of hydrogen-bond acceptors (Lipinski definition) is 3. The Balaban J connectivity index is 0.00000176. The minimum Gasteiger partial charge on any atom is -0.477 e. The molecular formula is C17H25N3O2. The van der Waals surface area contributed by atoms with Gasteiger partial charge in [0.05, 0.1) is 6.04 Å². The number of hydrogen-bond donors (Lipinski definition) is 2. The lowest BCUT2D eigenvalue weighted by molar-refractivity contribution is 0.255. The molecule has 5 heteroatoms. The maximum atomic E-state index is 5.38. The number of ether oxygens (including phenoxy) is 1. The van der Waals surface area contributed by atoms with E-state index in [2.05, 4.69) is 60.3 Å². The lowest BCUT2D eigenvalue weighted by atomic mass is 10.0. The van der Waals surface area contributed by atoms with E-state index in [0.29, 0.717) is 18.5 Å². The normalized spacial score (nSPS) is 17.4. The van der Waals surface area contributed by atoms with Crippen LogP contribution < -0.4 is 5.32 Å². The van der Waals surface area contributed by atoms with E-state index in [1.807, 2.05) is 0 Å². The summed E-state index contributed by atoms with van der Waals surface area (Å²) in [6.07, 6.45) is 4.17. The van der Waals surface area contributed by atoms with Crippen molar-refractivity contribution in [2.24, 2.45) is 0 Å². The van der Waals surface area contributed by atoms with Crippen LogP contribution in [0.2, 0.25) is 0 Å². The minimum absolute atomic E-state index is 0. The van der Waals surface area contributed by atoms with E-state index in [0.717, 1.165) is 19.4 Å². The molecule has 1 fully saturated rings. The topological polar surface area (TPSA) is 71.8 Å². The number of nitrogens with zero attached hydrogens (tertiary/aromatic N) is 1. The van der Waals surface area contributed by atoms with Crippen molar-refractivity contribution in [1.29, 1.82) is 0 Å². The van der Waals surface area contributed by atoms with E-state index in [1.165, 1.54) is 22.0 Å². The quantitative estimate of drug-likeness (QED) is 0.878. The molecule has 1 aliphatic rings. The molecule has 1 aromatic carbocycles. The summed E-state index contributed by atoms with van der Waals surface area (Å²) in [6.45, 7) is 5.57. The first-order chi connectivity index (χ1) is 10.1. The second-order valence-corrected chi connectivity index (χ2v) is 6.03. The van der Waals surface area contributed by atoms with Crippen LogP contribution >= 0.6 is 0 Å². The number of aromatic amines is 1. The fourth-order valence-electron chi connectivity index (χ4n) is 2.81. The van der Waals surface area contributed by atoms with Crippen LogP contribution in [0.15, 0.2) is 36.9 Å². The van der Waals surface area contributed by atoms with Crippen molar-refractivity contribution < 1.29 is 10.2 Å². The van der Waals surface area contributed by atoms with Crippen molar-refractivity contribution in [3.63, 3.8) is 0 Å². The summed E-state index contributed by atoms with van der Waals surface area (Å²) in [5.41, 5.74) is 3.94. The predicted molar refractivity (Wildman–Crippen MR) is 89.9 cm³/mol. The fourth-order valence-corrected chi connectivity index (χ4v) is 2.81. The molecule has 0 spiro atoms. The van der Waals surface area contributed by atoms with Gasteiger partial charge in [-0.25, -0.2) is 0 Å². The molecule has 1 atom stereocenters. The zero-order valence-corrected chi connectivity index (χ0v) is 13.3. The molecule has 0 unspecified atom stereocenters. The predicted octanol–water partition coefficient (Wildman–Crippen LogP) is 1.45. The van der Waals surface area contributed by atoms with Gasteiger partial charge in [0.2, 0.25) is 0 Å². The molecule has 0 bridgehead atoms. The van der Waals surface area contributed by atoms with Crippen molar-refractivity contribution in [2.75, 3.05) is 27.2 Å². The molecule has 0 aliphatic carbocycles. The molecule has 2 aromatic rings. The fraction of sp³-hybridized carbons (Fsp3) is 0.412. The van der Waals surface area contributed by atoms with E-state index in [4.69, 9.17) is 4.74 Å². The van der Waals surface area contributed by atoms with Crippen molar-refractivity contribution in [3.05, 3.63) is 48.0 Å². The van der Waals surface area contributed by atoms with Crippen LogP contribution in [-0.2, 0) is 17.6 Å². The standard InChI is InChI=1S/C17H23N3O.H2O/c1-12-19-15(11-21-12)8-13-4-5-17-16(9-13)14(10-18-17)6-7-20(2)3;/h4-5,9-10,15,18-19H,1,6-8,11H2,2-3H3;1H2/t15-;/m0./s1. The van der Waals surface area contributed by atoms with Gasteiger partial charge in [-0.15, -0.1) is 0 Å². The highest BCUT2D eigenvalue weighted by molar-refractivity contribution is 5.84. The van der Waals surface area contributed by atoms with E-state index in [9.17, 15) is 0 Å². The van der Waals surface area contributed by atoms with Crippen molar-refractivity contribution in [2.45, 2.75) is 18.9 Å². The lowest BCUT2D eigenvalue weighted by Crippen LogP contribution is -2.24. The third-order valence-corrected chi connectivity index (χ3v) is 3.97. The van der Waals surface area contributed by atoms with E-state index in [1.54, 1.807) is 0 Å². The monoisotopic (exact) mass is 303 g/mol. The molecule has 0 saturated carbocycles. The first kappa shape index (κ1) is 16.4. The molecule has 0 radical (unpaired) electrons. The van der Waals surface area contributed by atoms with Gasteiger partial charge in [-0.1, -0.05) is 6.07 Å². The SMILES string of the molecule is C=C1N[C@@H](Cc2ccc3[nH]cc(CCN(C)C)c3c2)CO1.O. The molecule has 1 saturated heterocycles. The second-order valence-electron chi connectivity index (χ2n) is 6.03. The van der Waals surface area contributed by atoms with E-state index in [-0.39, 0.29) is 5.48 Å². The molecule has 0 amide bonds. The third-order valence-electron chi connectivity index (χ3n) is 3.97. The average Bonchev–Trinajstić information content (AvgIpc) is 3.03. The van der Waals surface area contributed by atoms with Crippen molar-refractivity contribution in [1.82, 2.24) is 15.2 Å². The minimum atomic E-state index is 0. The van der Waals surface area contributed by atoms with Gasteiger partial charge >= 0.3 is 0 Å². The Labute approximate surface area is 131 Å². The molecule has 3 rings (SSSR count). The highest BCUT2D eigenvalue weighted by atomic mass is 16.5. The lowest BCUT2D eigenvalue weighted by Gasteiger charge is -2.10. The van der Waals surface area contributed by atoms with Crippen LogP contribution in [0.25, 0.3) is 10.9 Å². The number of rotatable bonds is 5. The average molecular weight is 303 g/mol. The van der Waals surface area contributed by atoms with Crippen molar-refractivity contribution in [3.8, 4) is 0 Å². The summed E-state index contributed by atoms with van der Waals surface area (Å²) in [5, 5.41) is 4.61. The maximum absolute atomic E-state index is 5.38. The third kappa shape index (κ3) is 3.61. The molecule has 1 aliphatic heterocycles. The number of H-pyrrole nitrogens is 1. The summed E-state index contributed by atoms with van der Waals surface area (Å²) in [6, 6.07) is 7.00. The van der Waals surface area contributed by atoms with Gasteiger partial charge in [0.25, 0.3) is 0 Å². The second kappa shape index (κ2) is 6.85. The Bertz CT molecular complexity index is 648. The van der Waals surface area contributed by atoms with E-state index < -0.39 is 0 Å². The van der Waals surface area contributed by atoms with Crippen LogP contribution in [0.4, 0.5) is 0 Å². The molecule has 1 aromatic heterocycles. The first-order valence-electron chi connectivity index (χ1n) is 7.43. The van der Waals surface area contributed by atoms with Gasteiger partial charge in [0, 0.05) is 23.6 Å². The zero-order valence-electron chi connectivity index (χ0n) is 13.3. The van der Waals surface area contributed by atoms with Gasteiger partial charge in [0.1, 0.15) is 6.61 Å². The molecule has 4 N–H and O–H groups in total. The molecule has 2 heterocycles.